The summed E-state index contributed by atoms with van der Waals surface area (Å²) < 4.78 is 7.62. The summed E-state index contributed by atoms with van der Waals surface area (Å²) in [6.45, 7) is 2.82. The van der Waals surface area contributed by atoms with Crippen LogP contribution in [-0.4, -0.2) is 39.7 Å². The van der Waals surface area contributed by atoms with E-state index >= 15 is 0 Å². The molecular formula is C11H17N3O2. The van der Waals surface area contributed by atoms with Crippen molar-refractivity contribution in [1.29, 1.82) is 0 Å². The lowest BCUT2D eigenvalue weighted by molar-refractivity contribution is 0.189. The molecule has 1 saturated heterocycles. The van der Waals surface area contributed by atoms with Gasteiger partial charge in [0.2, 0.25) is 0 Å². The third-order valence-corrected chi connectivity index (χ3v) is 3.64. The summed E-state index contributed by atoms with van der Waals surface area (Å²) in [5, 5.41) is 17.7. The van der Waals surface area contributed by atoms with Crippen LogP contribution in [0.25, 0.3) is 0 Å². The Labute approximate surface area is 94.4 Å². The molecule has 0 bridgehead atoms. The van der Waals surface area contributed by atoms with Crippen molar-refractivity contribution < 1.29 is 9.84 Å². The highest BCUT2D eigenvalue weighted by Gasteiger charge is 2.28. The number of aromatic nitrogens is 3. The molecule has 1 fully saturated rings. The lowest BCUT2D eigenvalue weighted by Crippen LogP contribution is -2.24. The van der Waals surface area contributed by atoms with E-state index in [0.717, 1.165) is 50.7 Å². The summed E-state index contributed by atoms with van der Waals surface area (Å²) in [6.07, 6.45) is 2.95. The topological polar surface area (TPSA) is 60.2 Å². The number of aliphatic hydroxyl groups is 1. The molecular weight excluding hydrogens is 206 g/mol. The van der Waals surface area contributed by atoms with Crippen LogP contribution in [0.4, 0.5) is 0 Å². The summed E-state index contributed by atoms with van der Waals surface area (Å²) in [5.41, 5.74) is 0. The molecule has 0 spiro atoms. The van der Waals surface area contributed by atoms with E-state index in [2.05, 4.69) is 14.8 Å². The first kappa shape index (κ1) is 10.2. The zero-order valence-corrected chi connectivity index (χ0v) is 9.30. The minimum Gasteiger partial charge on any atom is -0.396 e. The first-order valence-electron chi connectivity index (χ1n) is 5.99. The van der Waals surface area contributed by atoms with E-state index in [1.54, 1.807) is 0 Å². The van der Waals surface area contributed by atoms with Crippen molar-refractivity contribution >= 4 is 0 Å². The minimum atomic E-state index is 0.259. The number of fused-ring (bicyclic) bond motifs is 1. The van der Waals surface area contributed by atoms with Crippen molar-refractivity contribution in [3.63, 3.8) is 0 Å². The molecule has 88 valence electrons. The molecule has 1 N–H and O–H groups in total. The number of hydrogen-bond acceptors (Lipinski definition) is 4. The quantitative estimate of drug-likeness (QED) is 0.785. The van der Waals surface area contributed by atoms with E-state index in [1.165, 1.54) is 0 Å². The van der Waals surface area contributed by atoms with Crippen molar-refractivity contribution in [2.24, 2.45) is 5.92 Å². The average molecular weight is 223 g/mol. The molecule has 5 nitrogen and oxygen atoms in total. The molecule has 0 amide bonds. The van der Waals surface area contributed by atoms with Gasteiger partial charge in [-0.15, -0.1) is 10.2 Å². The van der Waals surface area contributed by atoms with Gasteiger partial charge < -0.3 is 14.4 Å². The van der Waals surface area contributed by atoms with Crippen LogP contribution in [0.2, 0.25) is 0 Å². The van der Waals surface area contributed by atoms with Gasteiger partial charge in [0, 0.05) is 32.1 Å². The highest BCUT2D eigenvalue weighted by atomic mass is 16.5. The first-order valence-corrected chi connectivity index (χ1v) is 5.99. The molecule has 1 aromatic rings. The fourth-order valence-electron chi connectivity index (χ4n) is 2.61. The van der Waals surface area contributed by atoms with Crippen molar-refractivity contribution in [2.45, 2.75) is 31.7 Å². The van der Waals surface area contributed by atoms with Gasteiger partial charge in [0.05, 0.1) is 6.61 Å². The zero-order valence-electron chi connectivity index (χ0n) is 9.30. The minimum absolute atomic E-state index is 0.259. The second-order valence-corrected chi connectivity index (χ2v) is 4.73. The summed E-state index contributed by atoms with van der Waals surface area (Å²) in [6, 6.07) is 0. The highest BCUT2D eigenvalue weighted by Crippen LogP contribution is 2.27. The van der Waals surface area contributed by atoms with Crippen LogP contribution in [0.5, 0.6) is 0 Å². The Hall–Kier alpha value is -0.940. The molecule has 0 aliphatic carbocycles. The normalized spacial score (nSPS) is 29.3. The third-order valence-electron chi connectivity index (χ3n) is 3.64. The summed E-state index contributed by atoms with van der Waals surface area (Å²) in [7, 11) is 0. The van der Waals surface area contributed by atoms with Crippen LogP contribution in [0, 0.1) is 5.92 Å². The maximum absolute atomic E-state index is 9.16. The second kappa shape index (κ2) is 4.14. The van der Waals surface area contributed by atoms with Gasteiger partial charge in [-0.25, -0.2) is 0 Å². The Bertz CT molecular complexity index is 371. The molecule has 1 aromatic heterocycles. The van der Waals surface area contributed by atoms with Crippen molar-refractivity contribution in [3.05, 3.63) is 11.6 Å². The van der Waals surface area contributed by atoms with Crippen molar-refractivity contribution in [3.8, 4) is 0 Å². The fourth-order valence-corrected chi connectivity index (χ4v) is 2.61. The standard InChI is InChI=1S/C11H17N3O2/c15-6-8-1-3-14-10(5-8)12-13-11(14)9-2-4-16-7-9/h8-9,15H,1-7H2. The van der Waals surface area contributed by atoms with Gasteiger partial charge in [0.1, 0.15) is 11.6 Å². The van der Waals surface area contributed by atoms with Gasteiger partial charge in [-0.2, -0.15) is 0 Å². The van der Waals surface area contributed by atoms with E-state index in [4.69, 9.17) is 9.84 Å². The molecule has 2 unspecified atom stereocenters. The van der Waals surface area contributed by atoms with Crippen molar-refractivity contribution in [2.75, 3.05) is 19.8 Å². The Morgan fingerprint density at radius 3 is 3.06 bits per heavy atom. The van der Waals surface area contributed by atoms with Crippen LogP contribution in [0.15, 0.2) is 0 Å². The lowest BCUT2D eigenvalue weighted by atomic mass is 9.98. The van der Waals surface area contributed by atoms with Crippen LogP contribution in [0.3, 0.4) is 0 Å². The van der Waals surface area contributed by atoms with Gasteiger partial charge in [0.15, 0.2) is 0 Å². The van der Waals surface area contributed by atoms with Crippen molar-refractivity contribution in [1.82, 2.24) is 14.8 Å². The number of hydrogen-bond donors (Lipinski definition) is 1. The van der Waals surface area contributed by atoms with Crippen LogP contribution in [0.1, 0.15) is 30.4 Å². The third kappa shape index (κ3) is 1.64. The van der Waals surface area contributed by atoms with Gasteiger partial charge in [0.25, 0.3) is 0 Å². The maximum Gasteiger partial charge on any atom is 0.138 e. The monoisotopic (exact) mass is 223 g/mol. The van der Waals surface area contributed by atoms with E-state index in [1.807, 2.05) is 0 Å². The number of nitrogens with zero attached hydrogens (tertiary/aromatic N) is 3. The van der Waals surface area contributed by atoms with Gasteiger partial charge in [-0.3, -0.25) is 0 Å². The molecule has 2 aliphatic rings. The maximum atomic E-state index is 9.16. The molecule has 2 atom stereocenters. The smallest absolute Gasteiger partial charge is 0.138 e. The lowest BCUT2D eigenvalue weighted by Gasteiger charge is -2.22. The van der Waals surface area contributed by atoms with Gasteiger partial charge in [-0.05, 0) is 18.8 Å². The summed E-state index contributed by atoms with van der Waals surface area (Å²) in [4.78, 5) is 0. The van der Waals surface area contributed by atoms with Crippen LogP contribution in [-0.2, 0) is 17.7 Å². The molecule has 3 rings (SSSR count). The first-order chi connectivity index (χ1) is 7.88. The highest BCUT2D eigenvalue weighted by molar-refractivity contribution is 5.06. The number of rotatable bonds is 2. The van der Waals surface area contributed by atoms with Crippen LogP contribution >= 0.6 is 0 Å². The predicted octanol–water partition coefficient (Wildman–Crippen LogP) is 0.337. The Morgan fingerprint density at radius 2 is 2.31 bits per heavy atom. The fraction of sp³-hybridized carbons (Fsp3) is 0.818. The molecule has 3 heterocycles. The van der Waals surface area contributed by atoms with Gasteiger partial charge >= 0.3 is 0 Å². The molecule has 2 aliphatic heterocycles. The summed E-state index contributed by atoms with van der Waals surface area (Å²) in [5.74, 6) is 2.91. The zero-order chi connectivity index (χ0) is 11.0. The number of ether oxygens (including phenoxy) is 1. The Balaban J connectivity index is 1.84. The average Bonchev–Trinajstić information content (AvgIpc) is 2.96. The molecule has 0 saturated carbocycles. The SMILES string of the molecule is OCC1CCn2c(nnc2C2CCOC2)C1. The van der Waals surface area contributed by atoms with E-state index in [9.17, 15) is 0 Å². The Kier molecular flexibility index (Phi) is 2.65. The Morgan fingerprint density at radius 1 is 1.38 bits per heavy atom. The molecule has 5 heteroatoms. The van der Waals surface area contributed by atoms with E-state index < -0.39 is 0 Å². The largest absolute Gasteiger partial charge is 0.396 e. The second-order valence-electron chi connectivity index (χ2n) is 4.73. The predicted molar refractivity (Wildman–Crippen MR) is 57.1 cm³/mol. The number of aliphatic hydroxyl groups excluding tert-OH is 1. The van der Waals surface area contributed by atoms with E-state index in [0.29, 0.717) is 11.8 Å². The van der Waals surface area contributed by atoms with E-state index in [-0.39, 0.29) is 6.61 Å². The summed E-state index contributed by atoms with van der Waals surface area (Å²) >= 11 is 0. The van der Waals surface area contributed by atoms with Gasteiger partial charge in [-0.1, -0.05) is 0 Å². The molecule has 0 aromatic carbocycles. The molecule has 0 radical (unpaired) electrons. The van der Waals surface area contributed by atoms with Crippen LogP contribution < -0.4 is 0 Å². The molecule has 16 heavy (non-hydrogen) atoms.